The molecule has 2 rings (SSSR count). The highest BCUT2D eigenvalue weighted by Crippen LogP contribution is 2.29. The summed E-state index contributed by atoms with van der Waals surface area (Å²) in [7, 11) is 0. The van der Waals surface area contributed by atoms with Gasteiger partial charge in [-0.25, -0.2) is 5.43 Å². The minimum atomic E-state index is -0.493. The van der Waals surface area contributed by atoms with Crippen LogP contribution < -0.4 is 14.9 Å². The summed E-state index contributed by atoms with van der Waals surface area (Å²) >= 11 is 11.8. The molecule has 8 heteroatoms. The van der Waals surface area contributed by atoms with Gasteiger partial charge in [0.1, 0.15) is 5.75 Å². The van der Waals surface area contributed by atoms with Crippen molar-refractivity contribution in [2.24, 2.45) is 5.10 Å². The summed E-state index contributed by atoms with van der Waals surface area (Å²) in [6.45, 7) is 1.95. The number of nitrogens with zero attached hydrogens (tertiary/aromatic N) is 1. The van der Waals surface area contributed by atoms with Crippen molar-refractivity contribution in [3.8, 4) is 17.2 Å². The highest BCUT2D eigenvalue weighted by atomic mass is 35.5. The van der Waals surface area contributed by atoms with Gasteiger partial charge >= 0.3 is 0 Å². The van der Waals surface area contributed by atoms with Gasteiger partial charge in [-0.2, -0.15) is 5.10 Å². The summed E-state index contributed by atoms with van der Waals surface area (Å²) in [5.74, 6) is 0.101. The monoisotopic (exact) mass is 382 g/mol. The zero-order valence-corrected chi connectivity index (χ0v) is 14.8. The molecule has 0 aliphatic carbocycles. The first-order valence-electron chi connectivity index (χ1n) is 7.35. The second-order valence-corrected chi connectivity index (χ2v) is 5.63. The highest BCUT2D eigenvalue weighted by molar-refractivity contribution is 6.34. The lowest BCUT2D eigenvalue weighted by Crippen LogP contribution is -2.24. The zero-order valence-electron chi connectivity index (χ0n) is 13.3. The summed E-state index contributed by atoms with van der Waals surface area (Å²) in [6, 6.07) is 9.68. The fourth-order valence-corrected chi connectivity index (χ4v) is 2.19. The fourth-order valence-electron chi connectivity index (χ4n) is 1.85. The van der Waals surface area contributed by atoms with E-state index in [1.54, 1.807) is 30.3 Å². The Bertz CT molecular complexity index is 781. The van der Waals surface area contributed by atoms with Crippen molar-refractivity contribution in [3.63, 3.8) is 0 Å². The Morgan fingerprint density at radius 3 is 2.80 bits per heavy atom. The number of hydrogen-bond donors (Lipinski definition) is 2. The average molecular weight is 383 g/mol. The van der Waals surface area contributed by atoms with Gasteiger partial charge in [-0.15, -0.1) is 0 Å². The van der Waals surface area contributed by atoms with E-state index in [4.69, 9.17) is 32.7 Å². The minimum absolute atomic E-state index is 0.0516. The van der Waals surface area contributed by atoms with Crippen LogP contribution in [0.2, 0.25) is 10.0 Å². The molecule has 0 saturated carbocycles. The number of hydrogen-bond acceptors (Lipinski definition) is 5. The van der Waals surface area contributed by atoms with Crippen LogP contribution in [-0.4, -0.2) is 30.4 Å². The third-order valence-corrected chi connectivity index (χ3v) is 3.52. The Morgan fingerprint density at radius 1 is 1.24 bits per heavy atom. The first kappa shape index (κ1) is 18.9. The lowest BCUT2D eigenvalue weighted by atomic mass is 10.2. The van der Waals surface area contributed by atoms with E-state index in [-0.39, 0.29) is 12.4 Å². The third-order valence-electron chi connectivity index (χ3n) is 2.97. The number of rotatable bonds is 7. The molecule has 0 spiro atoms. The lowest BCUT2D eigenvalue weighted by molar-refractivity contribution is -0.123. The number of para-hydroxylation sites is 1. The maximum absolute atomic E-state index is 11.7. The topological polar surface area (TPSA) is 80.2 Å². The first-order valence-corrected chi connectivity index (χ1v) is 8.11. The van der Waals surface area contributed by atoms with E-state index >= 15 is 0 Å². The summed E-state index contributed by atoms with van der Waals surface area (Å²) < 4.78 is 10.6. The molecular formula is C17H16Cl2N2O4. The number of nitrogens with one attached hydrogen (secondary N) is 1. The molecule has 2 N–H and O–H groups in total. The van der Waals surface area contributed by atoms with E-state index in [0.717, 1.165) is 0 Å². The largest absolute Gasteiger partial charge is 0.504 e. The van der Waals surface area contributed by atoms with Crippen molar-refractivity contribution in [1.82, 2.24) is 5.43 Å². The van der Waals surface area contributed by atoms with Crippen molar-refractivity contribution >= 4 is 35.3 Å². The molecule has 6 nitrogen and oxygen atoms in total. The van der Waals surface area contributed by atoms with E-state index in [1.807, 2.05) is 6.92 Å². The predicted octanol–water partition coefficient (Wildman–Crippen LogP) is 3.63. The van der Waals surface area contributed by atoms with Gasteiger partial charge in [-0.1, -0.05) is 29.3 Å². The minimum Gasteiger partial charge on any atom is -0.504 e. The van der Waals surface area contributed by atoms with E-state index in [2.05, 4.69) is 10.5 Å². The van der Waals surface area contributed by atoms with Crippen molar-refractivity contribution < 1.29 is 19.4 Å². The normalized spacial score (nSPS) is 10.7. The van der Waals surface area contributed by atoms with Gasteiger partial charge in [0, 0.05) is 16.7 Å². The smallest absolute Gasteiger partial charge is 0.277 e. The Labute approximate surface area is 155 Å². The maximum atomic E-state index is 11.7. The Balaban J connectivity index is 1.90. The molecule has 2 aromatic carbocycles. The summed E-state index contributed by atoms with van der Waals surface area (Å²) in [5, 5.41) is 14.6. The Hall–Kier alpha value is -2.44. The number of amides is 1. The predicted molar refractivity (Wildman–Crippen MR) is 97.0 cm³/mol. The molecule has 0 saturated heterocycles. The molecule has 1 amide bonds. The fraction of sp³-hybridized carbons (Fsp3) is 0.176. The number of phenols is 1. The van der Waals surface area contributed by atoms with Gasteiger partial charge in [-0.3, -0.25) is 4.79 Å². The SMILES string of the molecule is CCOc1cccc(/C=N/NC(=O)COc2cc(Cl)ccc2Cl)c1O. The molecule has 0 unspecified atom stereocenters. The molecule has 0 fully saturated rings. The maximum Gasteiger partial charge on any atom is 0.277 e. The van der Waals surface area contributed by atoms with Gasteiger partial charge in [0.15, 0.2) is 18.1 Å². The Morgan fingerprint density at radius 2 is 2.04 bits per heavy atom. The van der Waals surface area contributed by atoms with Crippen LogP contribution in [0.15, 0.2) is 41.5 Å². The number of halogens is 2. The van der Waals surface area contributed by atoms with Crippen LogP contribution >= 0.6 is 23.2 Å². The van der Waals surface area contributed by atoms with E-state index in [1.165, 1.54) is 12.3 Å². The molecule has 25 heavy (non-hydrogen) atoms. The third kappa shape index (κ3) is 5.55. The molecule has 0 aliphatic heterocycles. The second-order valence-electron chi connectivity index (χ2n) is 4.78. The van der Waals surface area contributed by atoms with Crippen LogP contribution in [-0.2, 0) is 4.79 Å². The number of aromatic hydroxyl groups is 1. The van der Waals surface area contributed by atoms with E-state index in [9.17, 15) is 9.90 Å². The number of benzene rings is 2. The van der Waals surface area contributed by atoms with E-state index < -0.39 is 5.91 Å². The van der Waals surface area contributed by atoms with Crippen molar-refractivity contribution in [3.05, 3.63) is 52.0 Å². The lowest BCUT2D eigenvalue weighted by Gasteiger charge is -2.08. The molecule has 132 valence electrons. The van der Waals surface area contributed by atoms with Gasteiger partial charge in [0.2, 0.25) is 0 Å². The van der Waals surface area contributed by atoms with Crippen LogP contribution in [0.1, 0.15) is 12.5 Å². The molecule has 0 atom stereocenters. The molecule has 0 radical (unpaired) electrons. The highest BCUT2D eigenvalue weighted by Gasteiger charge is 2.07. The number of carbonyl (C=O) groups excluding carboxylic acids is 1. The quantitative estimate of drug-likeness (QED) is 0.565. The van der Waals surface area contributed by atoms with Crippen LogP contribution in [0.4, 0.5) is 0 Å². The first-order chi connectivity index (χ1) is 12.0. The molecule has 2 aromatic rings. The standard InChI is InChI=1S/C17H16Cl2N2O4/c1-2-24-14-5-3-4-11(17(14)23)9-20-21-16(22)10-25-15-8-12(18)6-7-13(15)19/h3-9,23H,2,10H2,1H3,(H,21,22)/b20-9+. The Kier molecular flexibility index (Phi) is 6.91. The number of carbonyl (C=O) groups is 1. The number of hydrazone groups is 1. The average Bonchev–Trinajstić information content (AvgIpc) is 2.59. The number of ether oxygens (including phenoxy) is 2. The molecule has 0 aliphatic rings. The zero-order chi connectivity index (χ0) is 18.2. The molecular weight excluding hydrogens is 367 g/mol. The van der Waals surface area contributed by atoms with Crippen molar-refractivity contribution in [1.29, 1.82) is 0 Å². The van der Waals surface area contributed by atoms with Crippen LogP contribution in [0.5, 0.6) is 17.2 Å². The second kappa shape index (κ2) is 9.15. The molecule has 0 bridgehead atoms. The number of phenolic OH excluding ortho intramolecular Hbond substituents is 1. The van der Waals surface area contributed by atoms with Crippen LogP contribution in [0.3, 0.4) is 0 Å². The van der Waals surface area contributed by atoms with Crippen molar-refractivity contribution in [2.75, 3.05) is 13.2 Å². The van der Waals surface area contributed by atoms with Crippen molar-refractivity contribution in [2.45, 2.75) is 6.92 Å². The van der Waals surface area contributed by atoms with Gasteiger partial charge in [-0.05, 0) is 31.2 Å². The summed E-state index contributed by atoms with van der Waals surface area (Å²) in [6.07, 6.45) is 1.31. The van der Waals surface area contributed by atoms with E-state index in [0.29, 0.717) is 33.7 Å². The van der Waals surface area contributed by atoms with Crippen LogP contribution in [0.25, 0.3) is 0 Å². The summed E-state index contributed by atoms with van der Waals surface area (Å²) in [5.41, 5.74) is 2.70. The molecule has 0 heterocycles. The van der Waals surface area contributed by atoms with Crippen LogP contribution in [0, 0.1) is 0 Å². The summed E-state index contributed by atoms with van der Waals surface area (Å²) in [4.78, 5) is 11.7. The van der Waals surface area contributed by atoms with Gasteiger partial charge in [0.25, 0.3) is 5.91 Å². The van der Waals surface area contributed by atoms with Gasteiger partial charge in [0.05, 0.1) is 17.8 Å². The van der Waals surface area contributed by atoms with Gasteiger partial charge < -0.3 is 14.6 Å². The molecule has 0 aromatic heterocycles.